The molecule has 1 saturated carbocycles. The zero-order valence-electron chi connectivity index (χ0n) is 10.9. The summed E-state index contributed by atoms with van der Waals surface area (Å²) < 4.78 is 4.96. The van der Waals surface area contributed by atoms with Gasteiger partial charge in [-0.25, -0.2) is 4.98 Å². The monoisotopic (exact) mass is 251 g/mol. The highest BCUT2D eigenvalue weighted by Crippen LogP contribution is 2.31. The van der Waals surface area contributed by atoms with Crippen LogP contribution in [0.3, 0.4) is 0 Å². The largest absolute Gasteiger partial charge is 0.383 e. The third-order valence-corrected chi connectivity index (χ3v) is 3.34. The topological polar surface area (TPSA) is 67.0 Å². The molecule has 1 aromatic rings. The van der Waals surface area contributed by atoms with Gasteiger partial charge >= 0.3 is 0 Å². The highest BCUT2D eigenvalue weighted by atomic mass is 16.5. The Kier molecular flexibility index (Phi) is 4.90. The minimum Gasteiger partial charge on any atom is -0.383 e. The van der Waals surface area contributed by atoms with Crippen molar-refractivity contribution in [2.75, 3.05) is 20.3 Å². The second-order valence-corrected chi connectivity index (χ2v) is 4.77. The van der Waals surface area contributed by atoms with E-state index in [0.29, 0.717) is 19.1 Å². The van der Waals surface area contributed by atoms with Gasteiger partial charge in [-0.3, -0.25) is 4.79 Å². The van der Waals surface area contributed by atoms with Gasteiger partial charge in [0.05, 0.1) is 12.3 Å². The molecule has 0 aliphatic heterocycles. The Morgan fingerprint density at radius 3 is 3.00 bits per heavy atom. The summed E-state index contributed by atoms with van der Waals surface area (Å²) in [5, 5.41) is 3.21. The first-order chi connectivity index (χ1) is 8.79. The highest BCUT2D eigenvalue weighted by Gasteiger charge is 2.19. The second-order valence-electron chi connectivity index (χ2n) is 4.77. The van der Waals surface area contributed by atoms with Crippen molar-refractivity contribution in [3.8, 4) is 0 Å². The second kappa shape index (κ2) is 6.66. The predicted octanol–water partition coefficient (Wildman–Crippen LogP) is 1.16. The van der Waals surface area contributed by atoms with Crippen molar-refractivity contribution in [1.29, 1.82) is 0 Å². The number of ether oxygens (including phenoxy) is 1. The Morgan fingerprint density at radius 1 is 1.50 bits per heavy atom. The molecule has 0 atom stereocenters. The molecule has 0 bridgehead atoms. The van der Waals surface area contributed by atoms with Gasteiger partial charge in [0.1, 0.15) is 5.82 Å². The average Bonchev–Trinajstić information content (AvgIpc) is 2.88. The molecular weight excluding hydrogens is 230 g/mol. The Labute approximate surface area is 107 Å². The molecule has 0 amide bonds. The number of hydrogen-bond donors (Lipinski definition) is 2. The first-order valence-corrected chi connectivity index (χ1v) is 6.59. The molecule has 100 valence electrons. The summed E-state index contributed by atoms with van der Waals surface area (Å²) in [6, 6.07) is 1.57. The van der Waals surface area contributed by atoms with Crippen molar-refractivity contribution in [3.05, 3.63) is 27.9 Å². The maximum Gasteiger partial charge on any atom is 0.251 e. The maximum atomic E-state index is 11.6. The molecule has 1 heterocycles. The van der Waals surface area contributed by atoms with Crippen molar-refractivity contribution in [2.45, 2.75) is 38.1 Å². The quantitative estimate of drug-likeness (QED) is 0.745. The van der Waals surface area contributed by atoms with Gasteiger partial charge < -0.3 is 15.0 Å². The fourth-order valence-corrected chi connectivity index (χ4v) is 2.40. The first-order valence-electron chi connectivity index (χ1n) is 6.59. The van der Waals surface area contributed by atoms with Crippen LogP contribution < -0.4 is 10.9 Å². The van der Waals surface area contributed by atoms with Gasteiger partial charge in [0.15, 0.2) is 0 Å². The van der Waals surface area contributed by atoms with Gasteiger partial charge in [-0.2, -0.15) is 0 Å². The van der Waals surface area contributed by atoms with Crippen molar-refractivity contribution in [1.82, 2.24) is 15.3 Å². The van der Waals surface area contributed by atoms with Gasteiger partial charge in [-0.05, 0) is 12.8 Å². The molecular formula is C13H21N3O2. The lowest BCUT2D eigenvalue weighted by Crippen LogP contribution is -2.22. The van der Waals surface area contributed by atoms with Crippen LogP contribution in [0.15, 0.2) is 10.9 Å². The van der Waals surface area contributed by atoms with Gasteiger partial charge in [-0.15, -0.1) is 0 Å². The summed E-state index contributed by atoms with van der Waals surface area (Å²) in [4.78, 5) is 19.0. The zero-order valence-corrected chi connectivity index (χ0v) is 10.9. The zero-order chi connectivity index (χ0) is 12.8. The van der Waals surface area contributed by atoms with Gasteiger partial charge in [0, 0.05) is 32.2 Å². The van der Waals surface area contributed by atoms with E-state index < -0.39 is 0 Å². The average molecular weight is 251 g/mol. The molecule has 2 N–H and O–H groups in total. The van der Waals surface area contributed by atoms with Crippen LogP contribution in [0, 0.1) is 0 Å². The summed E-state index contributed by atoms with van der Waals surface area (Å²) in [6.45, 7) is 2.05. The molecule has 1 aromatic heterocycles. The molecule has 0 aromatic carbocycles. The lowest BCUT2D eigenvalue weighted by molar-refractivity contribution is 0.199. The number of methoxy groups -OCH3 is 1. The molecule has 0 spiro atoms. The van der Waals surface area contributed by atoms with E-state index in [1.807, 2.05) is 0 Å². The van der Waals surface area contributed by atoms with Crippen LogP contribution in [0.1, 0.15) is 43.1 Å². The fourth-order valence-electron chi connectivity index (χ4n) is 2.40. The number of nitrogens with one attached hydrogen (secondary N) is 2. The summed E-state index contributed by atoms with van der Waals surface area (Å²) in [5.74, 6) is 1.31. The number of hydrogen-bond acceptors (Lipinski definition) is 4. The standard InChI is InChI=1S/C13H21N3O2/c1-18-7-6-14-9-11-8-12(17)16-13(15-11)10-4-2-3-5-10/h8,10,14H,2-7,9H2,1H3,(H,15,16,17). The molecule has 2 rings (SSSR count). The lowest BCUT2D eigenvalue weighted by atomic mass is 10.1. The van der Waals surface area contributed by atoms with E-state index in [1.165, 1.54) is 12.8 Å². The van der Waals surface area contributed by atoms with E-state index in [9.17, 15) is 4.79 Å². The Balaban J connectivity index is 1.99. The summed E-state index contributed by atoms with van der Waals surface area (Å²) in [6.07, 6.45) is 4.77. The minimum absolute atomic E-state index is 0.0459. The van der Waals surface area contributed by atoms with Gasteiger partial charge in [0.2, 0.25) is 0 Å². The molecule has 18 heavy (non-hydrogen) atoms. The predicted molar refractivity (Wildman–Crippen MR) is 69.6 cm³/mol. The fraction of sp³-hybridized carbons (Fsp3) is 0.692. The number of rotatable bonds is 6. The highest BCUT2D eigenvalue weighted by molar-refractivity contribution is 5.07. The molecule has 1 fully saturated rings. The SMILES string of the molecule is COCCNCc1cc(=O)[nH]c(C2CCCC2)n1. The van der Waals surface area contributed by atoms with E-state index >= 15 is 0 Å². The van der Waals surface area contributed by atoms with Crippen LogP contribution in [-0.2, 0) is 11.3 Å². The Hall–Kier alpha value is -1.20. The molecule has 1 aliphatic rings. The summed E-state index contributed by atoms with van der Waals surface area (Å²) in [7, 11) is 1.67. The summed E-state index contributed by atoms with van der Waals surface area (Å²) >= 11 is 0. The van der Waals surface area contributed by atoms with E-state index in [-0.39, 0.29) is 5.56 Å². The first kappa shape index (κ1) is 13.2. The molecule has 0 radical (unpaired) electrons. The van der Waals surface area contributed by atoms with Crippen LogP contribution in [0.5, 0.6) is 0 Å². The third kappa shape index (κ3) is 3.65. The van der Waals surface area contributed by atoms with Crippen LogP contribution in [0.4, 0.5) is 0 Å². The summed E-state index contributed by atoms with van der Waals surface area (Å²) in [5.41, 5.74) is 0.771. The number of nitrogens with zero attached hydrogens (tertiary/aromatic N) is 1. The van der Waals surface area contributed by atoms with Crippen LogP contribution in [-0.4, -0.2) is 30.2 Å². The molecule has 5 heteroatoms. The normalized spacial score (nSPS) is 16.3. The molecule has 5 nitrogen and oxygen atoms in total. The van der Waals surface area contributed by atoms with Gasteiger partial charge in [-0.1, -0.05) is 12.8 Å². The molecule has 1 aliphatic carbocycles. The van der Waals surface area contributed by atoms with Crippen LogP contribution >= 0.6 is 0 Å². The number of aromatic nitrogens is 2. The van der Waals surface area contributed by atoms with Crippen LogP contribution in [0.2, 0.25) is 0 Å². The Bertz CT molecular complexity index is 424. The number of H-pyrrole nitrogens is 1. The van der Waals surface area contributed by atoms with Crippen molar-refractivity contribution < 1.29 is 4.74 Å². The number of aromatic amines is 1. The van der Waals surface area contributed by atoms with Crippen LogP contribution in [0.25, 0.3) is 0 Å². The smallest absolute Gasteiger partial charge is 0.251 e. The Morgan fingerprint density at radius 2 is 2.28 bits per heavy atom. The molecule has 0 saturated heterocycles. The molecule has 0 unspecified atom stereocenters. The maximum absolute atomic E-state index is 11.6. The van der Waals surface area contributed by atoms with E-state index in [4.69, 9.17) is 4.74 Å². The minimum atomic E-state index is -0.0459. The van der Waals surface area contributed by atoms with E-state index in [1.54, 1.807) is 13.2 Å². The van der Waals surface area contributed by atoms with Crippen molar-refractivity contribution in [3.63, 3.8) is 0 Å². The van der Waals surface area contributed by atoms with Crippen molar-refractivity contribution >= 4 is 0 Å². The van der Waals surface area contributed by atoms with E-state index in [0.717, 1.165) is 30.9 Å². The van der Waals surface area contributed by atoms with Gasteiger partial charge in [0.25, 0.3) is 5.56 Å². The third-order valence-electron chi connectivity index (χ3n) is 3.34. The van der Waals surface area contributed by atoms with E-state index in [2.05, 4.69) is 15.3 Å². The lowest BCUT2D eigenvalue weighted by Gasteiger charge is -2.10. The van der Waals surface area contributed by atoms with Crippen molar-refractivity contribution in [2.24, 2.45) is 0 Å².